The number of phenols is 1. The second-order valence-corrected chi connectivity index (χ2v) is 3.85. The Kier molecular flexibility index (Phi) is 5.02. The van der Waals surface area contributed by atoms with Gasteiger partial charge in [0.2, 0.25) is 0 Å². The number of aryl methyl sites for hydroxylation is 1. The van der Waals surface area contributed by atoms with E-state index in [2.05, 4.69) is 6.92 Å². The van der Waals surface area contributed by atoms with E-state index in [0.29, 0.717) is 5.75 Å². The molecule has 0 aliphatic rings. The lowest BCUT2D eigenvalue weighted by atomic mass is 10.1. The molecular formula is C13H20O2. The number of ether oxygens (including phenoxy) is 1. The SMILES string of the molecule is CCCCCCc1cc(O)cc(OC)c1. The van der Waals surface area contributed by atoms with Gasteiger partial charge >= 0.3 is 0 Å². The van der Waals surface area contributed by atoms with E-state index in [4.69, 9.17) is 4.74 Å². The molecule has 84 valence electrons. The predicted octanol–water partition coefficient (Wildman–Crippen LogP) is 3.52. The molecular weight excluding hydrogens is 188 g/mol. The van der Waals surface area contributed by atoms with Gasteiger partial charge in [-0.25, -0.2) is 0 Å². The van der Waals surface area contributed by atoms with Gasteiger partial charge in [-0.3, -0.25) is 0 Å². The minimum Gasteiger partial charge on any atom is -0.508 e. The van der Waals surface area contributed by atoms with Crippen molar-refractivity contribution in [1.82, 2.24) is 0 Å². The molecule has 0 saturated heterocycles. The fourth-order valence-electron chi connectivity index (χ4n) is 1.66. The van der Waals surface area contributed by atoms with Crippen LogP contribution in [0, 0.1) is 0 Å². The molecule has 2 nitrogen and oxygen atoms in total. The highest BCUT2D eigenvalue weighted by Crippen LogP contribution is 2.22. The summed E-state index contributed by atoms with van der Waals surface area (Å²) in [6, 6.07) is 5.44. The Morgan fingerprint density at radius 1 is 1.13 bits per heavy atom. The minimum absolute atomic E-state index is 0.292. The van der Waals surface area contributed by atoms with Gasteiger partial charge in [-0.15, -0.1) is 0 Å². The Morgan fingerprint density at radius 2 is 1.93 bits per heavy atom. The lowest BCUT2D eigenvalue weighted by Gasteiger charge is -2.05. The Morgan fingerprint density at radius 3 is 2.60 bits per heavy atom. The van der Waals surface area contributed by atoms with Crippen LogP contribution in [0.3, 0.4) is 0 Å². The largest absolute Gasteiger partial charge is 0.508 e. The first-order valence-electron chi connectivity index (χ1n) is 5.63. The van der Waals surface area contributed by atoms with Crippen LogP contribution in [-0.2, 0) is 6.42 Å². The van der Waals surface area contributed by atoms with E-state index >= 15 is 0 Å². The Labute approximate surface area is 91.9 Å². The summed E-state index contributed by atoms with van der Waals surface area (Å²) in [5.41, 5.74) is 1.16. The first-order chi connectivity index (χ1) is 7.26. The first-order valence-corrected chi connectivity index (χ1v) is 5.63. The third kappa shape index (κ3) is 4.24. The van der Waals surface area contributed by atoms with E-state index in [0.717, 1.165) is 17.7 Å². The van der Waals surface area contributed by atoms with Gasteiger partial charge in [0.25, 0.3) is 0 Å². The summed E-state index contributed by atoms with van der Waals surface area (Å²) in [6.45, 7) is 2.21. The van der Waals surface area contributed by atoms with E-state index in [1.54, 1.807) is 13.2 Å². The number of methoxy groups -OCH3 is 1. The maximum atomic E-state index is 9.45. The molecule has 1 aromatic carbocycles. The van der Waals surface area contributed by atoms with Crippen molar-refractivity contribution < 1.29 is 9.84 Å². The van der Waals surface area contributed by atoms with Crippen molar-refractivity contribution in [2.75, 3.05) is 7.11 Å². The summed E-state index contributed by atoms with van der Waals surface area (Å²) in [7, 11) is 1.62. The first kappa shape index (κ1) is 11.9. The van der Waals surface area contributed by atoms with Gasteiger partial charge in [0.05, 0.1) is 7.11 Å². The molecule has 0 aliphatic heterocycles. The molecule has 0 unspecified atom stereocenters. The molecule has 0 heterocycles. The third-order valence-electron chi connectivity index (χ3n) is 2.51. The van der Waals surface area contributed by atoms with Crippen LogP contribution in [0.25, 0.3) is 0 Å². The second kappa shape index (κ2) is 6.33. The lowest BCUT2D eigenvalue weighted by molar-refractivity contribution is 0.406. The molecule has 0 aliphatic carbocycles. The number of rotatable bonds is 6. The molecule has 0 radical (unpaired) electrons. The van der Waals surface area contributed by atoms with Gasteiger partial charge in [-0.05, 0) is 30.5 Å². The van der Waals surface area contributed by atoms with E-state index in [9.17, 15) is 5.11 Å². The molecule has 0 bridgehead atoms. The van der Waals surface area contributed by atoms with Gasteiger partial charge in [0.1, 0.15) is 11.5 Å². The van der Waals surface area contributed by atoms with Crippen LogP contribution in [0.2, 0.25) is 0 Å². The number of aromatic hydroxyl groups is 1. The monoisotopic (exact) mass is 208 g/mol. The number of phenolic OH excluding ortho intramolecular Hbond substituents is 1. The zero-order valence-electron chi connectivity index (χ0n) is 9.62. The highest BCUT2D eigenvalue weighted by molar-refractivity contribution is 5.37. The van der Waals surface area contributed by atoms with Crippen molar-refractivity contribution in [3.63, 3.8) is 0 Å². The average molecular weight is 208 g/mol. The van der Waals surface area contributed by atoms with Gasteiger partial charge in [-0.2, -0.15) is 0 Å². The molecule has 1 N–H and O–H groups in total. The lowest BCUT2D eigenvalue weighted by Crippen LogP contribution is -1.89. The molecule has 0 fully saturated rings. The minimum atomic E-state index is 0.292. The molecule has 0 saturated carbocycles. The Balaban J connectivity index is 2.49. The van der Waals surface area contributed by atoms with Crippen LogP contribution in [0.4, 0.5) is 0 Å². The van der Waals surface area contributed by atoms with Crippen LogP contribution in [0.1, 0.15) is 38.2 Å². The van der Waals surface area contributed by atoms with Gasteiger partial charge < -0.3 is 9.84 Å². The van der Waals surface area contributed by atoms with Crippen LogP contribution in [0.5, 0.6) is 11.5 Å². The molecule has 0 spiro atoms. The smallest absolute Gasteiger partial charge is 0.122 e. The van der Waals surface area contributed by atoms with E-state index in [1.165, 1.54) is 25.7 Å². The van der Waals surface area contributed by atoms with Crippen molar-refractivity contribution in [1.29, 1.82) is 0 Å². The second-order valence-electron chi connectivity index (χ2n) is 3.85. The summed E-state index contributed by atoms with van der Waals surface area (Å²) >= 11 is 0. The number of hydrogen-bond donors (Lipinski definition) is 1. The summed E-state index contributed by atoms with van der Waals surface area (Å²) in [5.74, 6) is 1.03. The quantitative estimate of drug-likeness (QED) is 0.725. The molecule has 15 heavy (non-hydrogen) atoms. The molecule has 0 amide bonds. The summed E-state index contributed by atoms with van der Waals surface area (Å²) in [4.78, 5) is 0. The maximum Gasteiger partial charge on any atom is 0.122 e. The van der Waals surface area contributed by atoms with Crippen molar-refractivity contribution in [2.45, 2.75) is 39.0 Å². The van der Waals surface area contributed by atoms with Gasteiger partial charge in [-0.1, -0.05) is 26.2 Å². The molecule has 0 atom stereocenters. The van der Waals surface area contributed by atoms with Gasteiger partial charge in [0, 0.05) is 6.07 Å². The Bertz CT molecular complexity index is 295. The van der Waals surface area contributed by atoms with E-state index in [-0.39, 0.29) is 0 Å². The predicted molar refractivity (Wildman–Crippen MR) is 62.5 cm³/mol. The highest BCUT2D eigenvalue weighted by Gasteiger charge is 2.00. The normalized spacial score (nSPS) is 10.3. The zero-order valence-corrected chi connectivity index (χ0v) is 9.62. The topological polar surface area (TPSA) is 29.5 Å². The fraction of sp³-hybridized carbons (Fsp3) is 0.538. The standard InChI is InChI=1S/C13H20O2/c1-3-4-5-6-7-11-8-12(14)10-13(9-11)15-2/h8-10,14H,3-7H2,1-2H3. The number of hydrogen-bond acceptors (Lipinski definition) is 2. The van der Waals surface area contributed by atoms with Crippen LogP contribution in [0.15, 0.2) is 18.2 Å². The van der Waals surface area contributed by atoms with E-state index < -0.39 is 0 Å². The molecule has 2 heteroatoms. The summed E-state index contributed by atoms with van der Waals surface area (Å²) in [6.07, 6.45) is 6.00. The average Bonchev–Trinajstić information content (AvgIpc) is 2.23. The van der Waals surface area contributed by atoms with Gasteiger partial charge in [0.15, 0.2) is 0 Å². The maximum absolute atomic E-state index is 9.45. The summed E-state index contributed by atoms with van der Waals surface area (Å²) < 4.78 is 5.10. The fourth-order valence-corrected chi connectivity index (χ4v) is 1.66. The number of benzene rings is 1. The molecule has 1 rings (SSSR count). The van der Waals surface area contributed by atoms with Crippen molar-refractivity contribution in [3.05, 3.63) is 23.8 Å². The van der Waals surface area contributed by atoms with Crippen LogP contribution >= 0.6 is 0 Å². The molecule has 1 aromatic rings. The number of unbranched alkanes of at least 4 members (excludes halogenated alkanes) is 3. The van der Waals surface area contributed by atoms with Crippen molar-refractivity contribution in [2.24, 2.45) is 0 Å². The van der Waals surface area contributed by atoms with Crippen LogP contribution < -0.4 is 4.74 Å². The summed E-state index contributed by atoms with van der Waals surface area (Å²) in [5, 5.41) is 9.45. The van der Waals surface area contributed by atoms with Crippen LogP contribution in [-0.4, -0.2) is 12.2 Å². The van der Waals surface area contributed by atoms with Crippen molar-refractivity contribution >= 4 is 0 Å². The van der Waals surface area contributed by atoms with E-state index in [1.807, 2.05) is 12.1 Å². The molecule has 0 aromatic heterocycles. The van der Waals surface area contributed by atoms with Crippen molar-refractivity contribution in [3.8, 4) is 11.5 Å². The Hall–Kier alpha value is -1.18. The zero-order chi connectivity index (χ0) is 11.1. The third-order valence-corrected chi connectivity index (χ3v) is 2.51. The highest BCUT2D eigenvalue weighted by atomic mass is 16.5.